The summed E-state index contributed by atoms with van der Waals surface area (Å²) in [6, 6.07) is 5.95. The first-order valence-corrected chi connectivity index (χ1v) is 8.14. The Morgan fingerprint density at radius 3 is 2.36 bits per heavy atom. The van der Waals surface area contributed by atoms with Crippen LogP contribution in [-0.4, -0.2) is 16.6 Å². The van der Waals surface area contributed by atoms with Crippen LogP contribution < -0.4 is 5.32 Å². The Labute approximate surface area is 135 Å². The van der Waals surface area contributed by atoms with E-state index in [1.807, 2.05) is 6.20 Å². The highest BCUT2D eigenvalue weighted by atomic mass is 32.1. The van der Waals surface area contributed by atoms with Gasteiger partial charge in [-0.05, 0) is 24.6 Å². The molecule has 1 unspecified atom stereocenters. The van der Waals surface area contributed by atoms with Crippen LogP contribution in [0.2, 0.25) is 0 Å². The van der Waals surface area contributed by atoms with Gasteiger partial charge in [-0.3, -0.25) is 0 Å². The van der Waals surface area contributed by atoms with E-state index >= 15 is 0 Å². The second-order valence-corrected chi connectivity index (χ2v) is 7.88. The van der Waals surface area contributed by atoms with Crippen molar-refractivity contribution in [1.82, 2.24) is 10.3 Å². The van der Waals surface area contributed by atoms with Crippen LogP contribution >= 0.6 is 11.3 Å². The van der Waals surface area contributed by atoms with Gasteiger partial charge in [0.25, 0.3) is 0 Å². The predicted molar refractivity (Wildman–Crippen MR) is 88.5 cm³/mol. The molecule has 2 rings (SSSR count). The maximum atomic E-state index is 12.9. The molecule has 5 heteroatoms. The average molecular weight is 322 g/mol. The molecule has 120 valence electrons. The zero-order chi connectivity index (χ0) is 16.4. The smallest absolute Gasteiger partial charge is 0.123 e. The van der Waals surface area contributed by atoms with Gasteiger partial charge in [-0.15, -0.1) is 11.3 Å². The monoisotopic (exact) mass is 322 g/mol. The fourth-order valence-corrected chi connectivity index (χ4v) is 3.02. The van der Waals surface area contributed by atoms with Crippen molar-refractivity contribution in [2.24, 2.45) is 0 Å². The maximum Gasteiger partial charge on any atom is 0.123 e. The van der Waals surface area contributed by atoms with Gasteiger partial charge in [0.15, 0.2) is 0 Å². The lowest BCUT2D eigenvalue weighted by atomic mass is 9.96. The molecule has 0 saturated carbocycles. The minimum Gasteiger partial charge on any atom is -0.384 e. The van der Waals surface area contributed by atoms with Crippen LogP contribution in [0.25, 0.3) is 0 Å². The van der Waals surface area contributed by atoms with Crippen molar-refractivity contribution in [3.05, 3.63) is 51.7 Å². The van der Waals surface area contributed by atoms with Crippen LogP contribution in [0.3, 0.4) is 0 Å². The van der Waals surface area contributed by atoms with Crippen LogP contribution in [0, 0.1) is 5.82 Å². The second-order valence-electron chi connectivity index (χ2n) is 6.77. The van der Waals surface area contributed by atoms with Crippen molar-refractivity contribution < 1.29 is 9.50 Å². The zero-order valence-electron chi connectivity index (χ0n) is 13.5. The van der Waals surface area contributed by atoms with E-state index in [-0.39, 0.29) is 11.2 Å². The first-order chi connectivity index (χ1) is 10.2. The first kappa shape index (κ1) is 17.1. The third-order valence-electron chi connectivity index (χ3n) is 3.43. The molecule has 1 atom stereocenters. The summed E-state index contributed by atoms with van der Waals surface area (Å²) in [4.78, 5) is 5.58. The number of rotatable bonds is 5. The zero-order valence-corrected chi connectivity index (χ0v) is 14.3. The molecule has 0 bridgehead atoms. The number of hydrogen-bond acceptors (Lipinski definition) is 4. The van der Waals surface area contributed by atoms with Crippen LogP contribution in [0.4, 0.5) is 4.39 Å². The summed E-state index contributed by atoms with van der Waals surface area (Å²) in [5.74, 6) is -0.299. The van der Waals surface area contributed by atoms with E-state index in [9.17, 15) is 9.50 Å². The Kier molecular flexibility index (Phi) is 5.00. The van der Waals surface area contributed by atoms with Gasteiger partial charge < -0.3 is 10.4 Å². The lowest BCUT2D eigenvalue weighted by Crippen LogP contribution is -2.35. The third kappa shape index (κ3) is 4.35. The standard InChI is InChI=1S/C17H23FN2OS/c1-16(2,3)15-20-10-14(22-15)9-19-11-17(4,21)12-5-7-13(18)8-6-12/h5-8,10,19,21H,9,11H2,1-4H3. The van der Waals surface area contributed by atoms with Crippen LogP contribution in [0.5, 0.6) is 0 Å². The molecule has 3 nitrogen and oxygen atoms in total. The minimum atomic E-state index is -1.04. The van der Waals surface area contributed by atoms with Crippen LogP contribution in [-0.2, 0) is 17.6 Å². The van der Waals surface area contributed by atoms with Gasteiger partial charge in [0.05, 0.1) is 10.6 Å². The Morgan fingerprint density at radius 1 is 1.18 bits per heavy atom. The fourth-order valence-electron chi connectivity index (χ4n) is 2.08. The van der Waals surface area contributed by atoms with Gasteiger partial charge in [0.2, 0.25) is 0 Å². The molecule has 0 radical (unpaired) electrons. The van der Waals surface area contributed by atoms with Gasteiger partial charge in [0.1, 0.15) is 5.82 Å². The van der Waals surface area contributed by atoms with E-state index in [2.05, 4.69) is 31.1 Å². The normalized spacial score (nSPS) is 14.8. The fraction of sp³-hybridized carbons (Fsp3) is 0.471. The molecule has 1 aromatic carbocycles. The van der Waals surface area contributed by atoms with Crippen molar-refractivity contribution in [3.8, 4) is 0 Å². The highest BCUT2D eigenvalue weighted by Crippen LogP contribution is 2.27. The van der Waals surface area contributed by atoms with E-state index in [0.29, 0.717) is 18.7 Å². The second kappa shape index (κ2) is 6.44. The molecule has 1 heterocycles. The van der Waals surface area contributed by atoms with Crippen LogP contribution in [0.15, 0.2) is 30.5 Å². The van der Waals surface area contributed by atoms with Crippen molar-refractivity contribution in [1.29, 1.82) is 0 Å². The Hall–Kier alpha value is -1.30. The van der Waals surface area contributed by atoms with Gasteiger partial charge in [-0.2, -0.15) is 0 Å². The summed E-state index contributed by atoms with van der Waals surface area (Å²) >= 11 is 1.68. The molecule has 2 N–H and O–H groups in total. The van der Waals surface area contributed by atoms with E-state index in [1.54, 1.807) is 30.4 Å². The van der Waals surface area contributed by atoms with Crippen molar-refractivity contribution >= 4 is 11.3 Å². The SMILES string of the molecule is CC(C)(C)c1ncc(CNCC(C)(O)c2ccc(F)cc2)s1. The molecular formula is C17H23FN2OS. The molecule has 0 aliphatic rings. The molecule has 0 fully saturated rings. The molecule has 0 aliphatic carbocycles. The molecule has 0 amide bonds. The molecule has 0 spiro atoms. The van der Waals surface area contributed by atoms with E-state index in [0.717, 1.165) is 9.88 Å². The average Bonchev–Trinajstić information content (AvgIpc) is 2.88. The summed E-state index contributed by atoms with van der Waals surface area (Å²) in [5.41, 5.74) is -0.283. The van der Waals surface area contributed by atoms with Gasteiger partial charge in [-0.25, -0.2) is 9.37 Å². The lowest BCUT2D eigenvalue weighted by molar-refractivity contribution is 0.0567. The largest absolute Gasteiger partial charge is 0.384 e. The number of benzene rings is 1. The van der Waals surface area contributed by atoms with Crippen molar-refractivity contribution in [3.63, 3.8) is 0 Å². The summed E-state index contributed by atoms with van der Waals surface area (Å²) in [7, 11) is 0. The Balaban J connectivity index is 1.92. The van der Waals surface area contributed by atoms with Crippen molar-refractivity contribution in [2.45, 2.75) is 45.3 Å². The number of nitrogens with one attached hydrogen (secondary N) is 1. The molecule has 2 aromatic rings. The number of thiazole rings is 1. The van der Waals surface area contributed by atoms with E-state index in [4.69, 9.17) is 0 Å². The number of nitrogens with zero attached hydrogens (tertiary/aromatic N) is 1. The first-order valence-electron chi connectivity index (χ1n) is 7.33. The minimum absolute atomic E-state index is 0.0581. The number of hydrogen-bond donors (Lipinski definition) is 2. The van der Waals surface area contributed by atoms with E-state index in [1.165, 1.54) is 12.1 Å². The van der Waals surface area contributed by atoms with Crippen LogP contribution in [0.1, 0.15) is 43.1 Å². The highest BCUT2D eigenvalue weighted by molar-refractivity contribution is 7.11. The molecule has 0 saturated heterocycles. The molecular weight excluding hydrogens is 299 g/mol. The molecule has 1 aromatic heterocycles. The Morgan fingerprint density at radius 2 is 1.82 bits per heavy atom. The topological polar surface area (TPSA) is 45.2 Å². The summed E-state index contributed by atoms with van der Waals surface area (Å²) in [6.07, 6.45) is 1.88. The number of aliphatic hydroxyl groups is 1. The quantitative estimate of drug-likeness (QED) is 0.884. The summed E-state index contributed by atoms with van der Waals surface area (Å²) < 4.78 is 12.9. The highest BCUT2D eigenvalue weighted by Gasteiger charge is 2.23. The summed E-state index contributed by atoms with van der Waals surface area (Å²) in [6.45, 7) is 9.19. The lowest BCUT2D eigenvalue weighted by Gasteiger charge is -2.24. The molecule has 22 heavy (non-hydrogen) atoms. The summed E-state index contributed by atoms with van der Waals surface area (Å²) in [5, 5.41) is 14.8. The van der Waals surface area contributed by atoms with Gasteiger partial charge >= 0.3 is 0 Å². The van der Waals surface area contributed by atoms with Gasteiger partial charge in [-0.1, -0.05) is 32.9 Å². The predicted octanol–water partition coefficient (Wildman–Crippen LogP) is 3.58. The molecule has 0 aliphatic heterocycles. The number of halogens is 1. The van der Waals surface area contributed by atoms with Crippen molar-refractivity contribution in [2.75, 3.05) is 6.54 Å². The Bertz CT molecular complexity index is 614. The van der Waals surface area contributed by atoms with Gasteiger partial charge in [0, 0.05) is 29.6 Å². The van der Waals surface area contributed by atoms with E-state index < -0.39 is 5.60 Å². The number of aromatic nitrogens is 1. The maximum absolute atomic E-state index is 12.9. The third-order valence-corrected chi connectivity index (χ3v) is 4.85.